The molecule has 1 aromatic carbocycles. The summed E-state index contributed by atoms with van der Waals surface area (Å²) in [6.45, 7) is -2.73. The second-order valence-corrected chi connectivity index (χ2v) is 24.9. The van der Waals surface area contributed by atoms with Crippen molar-refractivity contribution in [3.8, 4) is 11.5 Å². The van der Waals surface area contributed by atoms with Crippen LogP contribution in [0.1, 0.15) is 13.8 Å². The zero-order valence-electron chi connectivity index (χ0n) is 43.5. The fourth-order valence-electron chi connectivity index (χ4n) is 8.46. The molecule has 0 saturated carbocycles. The number of hydrogen-bond acceptors (Lipinski definition) is 45. The minimum atomic E-state index is -6.47. The molecule has 0 aliphatic carbocycles. The van der Waals surface area contributed by atoms with Crippen molar-refractivity contribution in [2.75, 3.05) is 20.3 Å². The molecule has 54 heteroatoms. The molecule has 4 aliphatic heterocycles. The molecule has 5 rings (SSSR count). The molecular formula is C35H41N2O45S7-9. The van der Waals surface area contributed by atoms with Gasteiger partial charge in [-0.25, -0.2) is 50.5 Å². The number of nitrogens with zero attached hydrogens (tertiary/aromatic N) is 2. The van der Waals surface area contributed by atoms with Crippen LogP contribution in [0.2, 0.25) is 0 Å². The molecule has 4 aliphatic rings. The Labute approximate surface area is 500 Å². The molecular weight excluding hydrogens is 1390 g/mol. The first-order valence-electron chi connectivity index (χ1n) is 23.1. The molecule has 0 bridgehead atoms. The highest BCUT2D eigenvalue weighted by molar-refractivity contribution is 7.82. The van der Waals surface area contributed by atoms with Gasteiger partial charge in [0.25, 0.3) is 0 Å². The Morgan fingerprint density at radius 3 is 1.15 bits per heavy atom. The maximum Gasteiger partial charge on any atom is 0.397 e. The maximum absolute atomic E-state index is 13.1. The minimum Gasteiger partial charge on any atom is -0.862 e. The number of aliphatic hydroxyl groups excluding tert-OH is 2. The first-order valence-corrected chi connectivity index (χ1v) is 32.5. The van der Waals surface area contributed by atoms with E-state index >= 15 is 0 Å². The van der Waals surface area contributed by atoms with E-state index in [4.69, 9.17) is 42.6 Å². The van der Waals surface area contributed by atoms with Crippen molar-refractivity contribution in [1.82, 2.24) is 0 Å². The Kier molecular flexibility index (Phi) is 24.6. The van der Waals surface area contributed by atoms with E-state index < -0.39 is 232 Å². The monoisotopic (exact) mass is 1430 g/mol. The van der Waals surface area contributed by atoms with E-state index in [1.165, 1.54) is 19.2 Å². The Hall–Kier alpha value is -4.57. The third-order valence-corrected chi connectivity index (χ3v) is 14.6. The van der Waals surface area contributed by atoms with Gasteiger partial charge >= 0.3 is 20.8 Å². The van der Waals surface area contributed by atoms with E-state index in [2.05, 4.69) is 39.3 Å². The average Bonchev–Trinajstić information content (AvgIpc) is 0.782. The van der Waals surface area contributed by atoms with Gasteiger partial charge in [0.05, 0.1) is 32.3 Å². The van der Waals surface area contributed by atoms with Crippen molar-refractivity contribution in [2.24, 2.45) is 9.98 Å². The Morgan fingerprint density at radius 2 is 0.798 bits per heavy atom. The highest BCUT2D eigenvalue weighted by atomic mass is 32.3. The van der Waals surface area contributed by atoms with Gasteiger partial charge in [0.1, 0.15) is 96.8 Å². The minimum absolute atomic E-state index is 0.135. The van der Waals surface area contributed by atoms with Gasteiger partial charge in [-0.3, -0.25) is 40.0 Å². The molecule has 4 heterocycles. The molecule has 1 aromatic rings. The summed E-state index contributed by atoms with van der Waals surface area (Å²) in [4.78, 5) is 32.4. The third-order valence-electron chi connectivity index (χ3n) is 11.5. The molecule has 47 nitrogen and oxygen atoms in total. The molecule has 20 atom stereocenters. The molecule has 0 radical (unpaired) electrons. The second kappa shape index (κ2) is 29.2. The number of carbonyl (C=O) groups is 2. The fourth-order valence-corrected chi connectivity index (χ4v) is 11.5. The van der Waals surface area contributed by atoms with Crippen LogP contribution in [-0.2, 0) is 145 Å². The normalized spacial score (nSPS) is 34.1. The van der Waals surface area contributed by atoms with E-state index in [0.717, 1.165) is 12.1 Å². The Morgan fingerprint density at radius 1 is 0.461 bits per heavy atom. The molecule has 89 heavy (non-hydrogen) atoms. The SMILES string of the molecule is COc1ccc(O[C@@H]2O[C@H](COS(=O)(=O)[O-])[C@H](OS(=O)(=O)[O-])[C@H](O[C@@H]3O[C@H](C(=O)[O-])[C@@H](O[C@@H]4O[C@H](COS(=O)(=O)[O-])[C@H](OS(=O)(=O)[O-])[C@H](O[C@@H]5O[C@H](C(=O)[O-])[C@H](OS(=O)(=O)[O-])[C@@H](O)[C@@H]5OS(=O)(=O)O)[C@H]4N=C(C)[O-])[C@H](O)[C@H]3OS(=O)(=O)O)[C@H]2N=C(C)[O-])cc1. The number of carboxylic acid groups (broad SMARTS) is 2. The Bertz CT molecular complexity index is 3540. The van der Waals surface area contributed by atoms with E-state index in [0.29, 0.717) is 13.8 Å². The number of rotatable bonds is 29. The van der Waals surface area contributed by atoms with Crippen molar-refractivity contribution in [3.05, 3.63) is 24.3 Å². The summed E-state index contributed by atoms with van der Waals surface area (Å²) in [7, 11) is -42.2. The molecule has 4 N–H and O–H groups in total. The first kappa shape index (κ1) is 75.2. The van der Waals surface area contributed by atoms with E-state index in [1.807, 2.05) is 0 Å². The van der Waals surface area contributed by atoms with Crippen molar-refractivity contribution in [2.45, 2.75) is 137 Å². The smallest absolute Gasteiger partial charge is 0.397 e. The van der Waals surface area contributed by atoms with Crippen LogP contribution >= 0.6 is 0 Å². The first-order chi connectivity index (χ1) is 40.5. The van der Waals surface area contributed by atoms with Crippen molar-refractivity contribution >= 4 is 96.5 Å². The number of aliphatic imine (C=N–C) groups is 2. The van der Waals surface area contributed by atoms with Crippen molar-refractivity contribution in [1.29, 1.82) is 0 Å². The standard InChI is InChI=1S/C35H50N2O45S7/c1-10(38)36-16-22(20(78-85(52,53)54)14(8-68-83(46,47)48)71-32(16)70-13-6-4-12(67-3)5-7-13)73-34-26(81-88(61,62)63)18(40)24(28(76-34)30(42)43)75-33-17(37-11(2)39)23(21(79-86(55,56)57)15(72-33)9-69-84(49,50)51)74-35-27(82-89(64,65)66)19(41)25(80-87(58,59)60)29(77-35)31(44)45/h4-7,14-29,32-35,40-41H,8-9H2,1-3H3,(H,36,38)(H,37,39)(H,42,43)(H,44,45)(H,46,47,48)(H,49,50,51)(H,52,53,54)(H,55,56,57)(H,58,59,60)(H,61,62,63)(H,64,65,66)/p-9/t14-,15-,16-,17-,18+,19-,20+,21+,22-,23-,24+,25-,26-,27+,28+,29+,32-,33+,34-,35-/m1/s1. The molecule has 0 amide bonds. The number of methoxy groups -OCH3 is 1. The summed E-state index contributed by atoms with van der Waals surface area (Å²) in [5.74, 6) is -8.77. The van der Waals surface area contributed by atoms with Crippen molar-refractivity contribution < 1.29 is 203 Å². The summed E-state index contributed by atoms with van der Waals surface area (Å²) in [5.41, 5.74) is 0. The highest BCUT2D eigenvalue weighted by Gasteiger charge is 2.60. The van der Waals surface area contributed by atoms with Crippen LogP contribution in [0.25, 0.3) is 0 Å². The lowest BCUT2D eigenvalue weighted by molar-refractivity contribution is -0.381. The number of carboxylic acids is 2. The predicted molar refractivity (Wildman–Crippen MR) is 247 cm³/mol. The molecule has 4 saturated heterocycles. The number of aliphatic carboxylic acids is 2. The van der Waals surface area contributed by atoms with Gasteiger partial charge in [-0.05, 0) is 49.9 Å². The molecule has 0 unspecified atom stereocenters. The summed E-state index contributed by atoms with van der Waals surface area (Å²) < 4.78 is 326. The van der Waals surface area contributed by atoms with Gasteiger partial charge < -0.3 is 106 Å². The van der Waals surface area contributed by atoms with E-state index in [1.54, 1.807) is 0 Å². The van der Waals surface area contributed by atoms with Gasteiger partial charge in [0.2, 0.25) is 58.3 Å². The van der Waals surface area contributed by atoms with Crippen LogP contribution in [0.5, 0.6) is 11.5 Å². The predicted octanol–water partition coefficient (Wildman–Crippen LogP) is -13.5. The maximum atomic E-state index is 13.1. The topological polar surface area (TPSA) is 734 Å². The van der Waals surface area contributed by atoms with Gasteiger partial charge in [0, 0.05) is 0 Å². The number of carbonyl (C=O) groups excluding carboxylic acids is 2. The average molecular weight is 1430 g/mol. The van der Waals surface area contributed by atoms with Crippen LogP contribution < -0.4 is 29.9 Å². The summed E-state index contributed by atoms with van der Waals surface area (Å²) in [5, 5.41) is 74.1. The van der Waals surface area contributed by atoms with Crippen LogP contribution in [0.4, 0.5) is 0 Å². The zero-order chi connectivity index (χ0) is 67.5. The van der Waals surface area contributed by atoms with Gasteiger partial charge in [-0.15, -0.1) is 0 Å². The lowest BCUT2D eigenvalue weighted by Crippen LogP contribution is -2.70. The van der Waals surface area contributed by atoms with Crippen molar-refractivity contribution in [3.63, 3.8) is 0 Å². The lowest BCUT2D eigenvalue weighted by atomic mass is 9.94. The summed E-state index contributed by atoms with van der Waals surface area (Å²) in [6.07, 6.45) is -56.4. The quantitative estimate of drug-likeness (QED) is 0.0250. The summed E-state index contributed by atoms with van der Waals surface area (Å²) in [6, 6.07) is -0.901. The molecule has 4 fully saturated rings. The third kappa shape index (κ3) is 22.6. The highest BCUT2D eigenvalue weighted by Crippen LogP contribution is 2.40. The van der Waals surface area contributed by atoms with Crippen LogP contribution in [0.15, 0.2) is 34.3 Å². The van der Waals surface area contributed by atoms with E-state index in [-0.39, 0.29) is 11.5 Å². The second-order valence-electron chi connectivity index (χ2n) is 17.7. The van der Waals surface area contributed by atoms with Crippen LogP contribution in [0, 0.1) is 0 Å². The molecule has 0 aromatic heterocycles. The van der Waals surface area contributed by atoms with Gasteiger partial charge in [0.15, 0.2) is 31.1 Å². The summed E-state index contributed by atoms with van der Waals surface area (Å²) >= 11 is 0. The number of hydrogen-bond donors (Lipinski definition) is 4. The molecule has 0 spiro atoms. The van der Waals surface area contributed by atoms with E-state index in [9.17, 15) is 131 Å². The van der Waals surface area contributed by atoms with Crippen LogP contribution in [-0.4, -0.2) is 268 Å². The van der Waals surface area contributed by atoms with Crippen LogP contribution in [0.3, 0.4) is 0 Å². The zero-order valence-corrected chi connectivity index (χ0v) is 49.3. The largest absolute Gasteiger partial charge is 0.862 e. The number of benzene rings is 1. The lowest BCUT2D eigenvalue weighted by Gasteiger charge is -2.51. The number of ether oxygens (including phenoxy) is 9. The van der Waals surface area contributed by atoms with Gasteiger partial charge in [-0.2, -0.15) is 16.8 Å². The fraction of sp³-hybridized carbons (Fsp3) is 0.714. The Balaban J connectivity index is 1.73. The number of aliphatic hydroxyl groups is 2. The van der Waals surface area contributed by atoms with Gasteiger partial charge in [-0.1, -0.05) is 0 Å². The molecule has 512 valence electrons.